The number of fused-ring (bicyclic) bond motifs is 1. The van der Waals surface area contributed by atoms with Crippen molar-refractivity contribution in [3.8, 4) is 11.4 Å². The van der Waals surface area contributed by atoms with Gasteiger partial charge in [0.05, 0.1) is 17.7 Å². The topological polar surface area (TPSA) is 43.7 Å². The lowest BCUT2D eigenvalue weighted by Crippen LogP contribution is -2.19. The molecule has 5 heteroatoms. The summed E-state index contributed by atoms with van der Waals surface area (Å²) in [6.45, 7) is 9.72. The van der Waals surface area contributed by atoms with Crippen LogP contribution >= 0.6 is 0 Å². The molecule has 2 aromatic carbocycles. The fourth-order valence-corrected chi connectivity index (χ4v) is 3.66. The molecular formula is C24H30N2O3. The summed E-state index contributed by atoms with van der Waals surface area (Å²) >= 11 is 0. The van der Waals surface area contributed by atoms with E-state index in [0.29, 0.717) is 18.8 Å². The lowest BCUT2D eigenvalue weighted by atomic mass is 10.1. The second-order valence-electron chi connectivity index (χ2n) is 7.64. The number of hydrogen-bond acceptors (Lipinski definition) is 4. The number of aromatic nitrogens is 1. The SMILES string of the molecule is CCOC(=O)c1c(C)n(-c2ccc(C)cc2C)c2ccc(OCCN(C)C)cc12. The highest BCUT2D eigenvalue weighted by atomic mass is 16.5. The Labute approximate surface area is 172 Å². The normalized spacial score (nSPS) is 11.3. The minimum atomic E-state index is -0.302. The molecule has 3 rings (SSSR count). The highest BCUT2D eigenvalue weighted by Crippen LogP contribution is 2.33. The number of nitrogens with zero attached hydrogens (tertiary/aromatic N) is 2. The number of carbonyl (C=O) groups is 1. The number of esters is 1. The molecule has 0 saturated carbocycles. The average molecular weight is 395 g/mol. The maximum atomic E-state index is 12.8. The molecule has 3 aromatic rings. The van der Waals surface area contributed by atoms with E-state index in [4.69, 9.17) is 9.47 Å². The summed E-state index contributed by atoms with van der Waals surface area (Å²) in [6.07, 6.45) is 0. The molecule has 1 heterocycles. The Morgan fingerprint density at radius 3 is 2.48 bits per heavy atom. The molecule has 0 radical (unpaired) electrons. The monoisotopic (exact) mass is 394 g/mol. The van der Waals surface area contributed by atoms with Gasteiger partial charge in [0.2, 0.25) is 0 Å². The van der Waals surface area contributed by atoms with Crippen molar-refractivity contribution in [2.75, 3.05) is 33.9 Å². The minimum Gasteiger partial charge on any atom is -0.492 e. The van der Waals surface area contributed by atoms with Gasteiger partial charge in [-0.2, -0.15) is 0 Å². The van der Waals surface area contributed by atoms with Crippen LogP contribution in [0.3, 0.4) is 0 Å². The fraction of sp³-hybridized carbons (Fsp3) is 0.375. The Kier molecular flexibility index (Phi) is 6.28. The smallest absolute Gasteiger partial charge is 0.340 e. The van der Waals surface area contributed by atoms with Crippen molar-refractivity contribution >= 4 is 16.9 Å². The van der Waals surface area contributed by atoms with Gasteiger partial charge < -0.3 is 18.9 Å². The molecule has 29 heavy (non-hydrogen) atoms. The van der Waals surface area contributed by atoms with Gasteiger partial charge in [0, 0.05) is 23.3 Å². The van der Waals surface area contributed by atoms with Crippen LogP contribution in [-0.4, -0.2) is 49.3 Å². The summed E-state index contributed by atoms with van der Waals surface area (Å²) in [5, 5.41) is 0.850. The molecule has 0 amide bonds. The van der Waals surface area contributed by atoms with E-state index in [9.17, 15) is 4.79 Å². The molecule has 0 aliphatic carbocycles. The van der Waals surface area contributed by atoms with Crippen LogP contribution in [0.4, 0.5) is 0 Å². The molecule has 0 aliphatic heterocycles. The van der Waals surface area contributed by atoms with Gasteiger partial charge >= 0.3 is 5.97 Å². The molecule has 0 bridgehead atoms. The molecule has 0 fully saturated rings. The van der Waals surface area contributed by atoms with Gasteiger partial charge in [0.1, 0.15) is 12.4 Å². The third-order valence-electron chi connectivity index (χ3n) is 5.06. The van der Waals surface area contributed by atoms with Crippen molar-refractivity contribution in [1.82, 2.24) is 9.47 Å². The molecule has 154 valence electrons. The average Bonchev–Trinajstić information content (AvgIpc) is 2.93. The number of aryl methyl sites for hydroxylation is 2. The van der Waals surface area contributed by atoms with E-state index in [-0.39, 0.29) is 5.97 Å². The predicted molar refractivity (Wildman–Crippen MR) is 117 cm³/mol. The van der Waals surface area contributed by atoms with E-state index in [1.165, 1.54) is 5.56 Å². The van der Waals surface area contributed by atoms with E-state index in [0.717, 1.165) is 40.1 Å². The van der Waals surface area contributed by atoms with Crippen molar-refractivity contribution in [3.63, 3.8) is 0 Å². The van der Waals surface area contributed by atoms with Gasteiger partial charge in [0.25, 0.3) is 0 Å². The Bertz CT molecular complexity index is 1030. The van der Waals surface area contributed by atoms with Crippen LogP contribution < -0.4 is 4.74 Å². The lowest BCUT2D eigenvalue weighted by molar-refractivity contribution is 0.0527. The van der Waals surface area contributed by atoms with E-state index < -0.39 is 0 Å². The highest BCUT2D eigenvalue weighted by Gasteiger charge is 2.23. The van der Waals surface area contributed by atoms with Crippen molar-refractivity contribution in [2.24, 2.45) is 0 Å². The zero-order valence-electron chi connectivity index (χ0n) is 18.2. The van der Waals surface area contributed by atoms with Crippen LogP contribution in [0.2, 0.25) is 0 Å². The van der Waals surface area contributed by atoms with Crippen molar-refractivity contribution in [2.45, 2.75) is 27.7 Å². The minimum absolute atomic E-state index is 0.302. The lowest BCUT2D eigenvalue weighted by Gasteiger charge is -2.13. The maximum Gasteiger partial charge on any atom is 0.340 e. The number of ether oxygens (including phenoxy) is 2. The standard InChI is InChI=1S/C24H30N2O3/c1-7-28-24(27)23-18(4)26(21-10-8-16(2)14-17(21)3)22-11-9-19(15-20(22)23)29-13-12-25(5)6/h8-11,14-15H,7,12-13H2,1-6H3. The summed E-state index contributed by atoms with van der Waals surface area (Å²) in [6, 6.07) is 12.3. The zero-order chi connectivity index (χ0) is 21.1. The molecule has 5 nitrogen and oxygen atoms in total. The molecule has 0 unspecified atom stereocenters. The van der Waals surface area contributed by atoms with Crippen LogP contribution in [0, 0.1) is 20.8 Å². The first kappa shape index (κ1) is 20.9. The first-order valence-corrected chi connectivity index (χ1v) is 10.0. The van der Waals surface area contributed by atoms with E-state index in [1.807, 2.05) is 46.1 Å². The number of benzene rings is 2. The fourth-order valence-electron chi connectivity index (χ4n) is 3.66. The van der Waals surface area contributed by atoms with Crippen LogP contribution in [0.1, 0.15) is 34.1 Å². The summed E-state index contributed by atoms with van der Waals surface area (Å²) in [5.41, 5.74) is 5.87. The van der Waals surface area contributed by atoms with E-state index in [1.54, 1.807) is 0 Å². The van der Waals surface area contributed by atoms with E-state index >= 15 is 0 Å². The zero-order valence-corrected chi connectivity index (χ0v) is 18.2. The van der Waals surface area contributed by atoms with Crippen LogP contribution in [0.15, 0.2) is 36.4 Å². The van der Waals surface area contributed by atoms with Gasteiger partial charge in [-0.05, 0) is 71.6 Å². The number of likely N-dealkylation sites (N-methyl/N-ethyl adjacent to an activating group) is 1. The summed E-state index contributed by atoms with van der Waals surface area (Å²) in [4.78, 5) is 14.9. The van der Waals surface area contributed by atoms with Crippen LogP contribution in [-0.2, 0) is 4.74 Å². The van der Waals surface area contributed by atoms with Crippen molar-refractivity contribution < 1.29 is 14.3 Å². The number of hydrogen-bond donors (Lipinski definition) is 0. The molecule has 0 saturated heterocycles. The van der Waals surface area contributed by atoms with E-state index in [2.05, 4.69) is 41.5 Å². The van der Waals surface area contributed by atoms with Gasteiger partial charge in [-0.3, -0.25) is 0 Å². The summed E-state index contributed by atoms with van der Waals surface area (Å²) in [7, 11) is 4.03. The highest BCUT2D eigenvalue weighted by molar-refractivity contribution is 6.07. The number of carbonyl (C=O) groups excluding carboxylic acids is 1. The van der Waals surface area contributed by atoms with Crippen molar-refractivity contribution in [1.29, 1.82) is 0 Å². The van der Waals surface area contributed by atoms with Gasteiger partial charge in [-0.25, -0.2) is 4.79 Å². The third kappa shape index (κ3) is 4.30. The number of rotatable bonds is 7. The van der Waals surface area contributed by atoms with Crippen LogP contribution in [0.5, 0.6) is 5.75 Å². The second kappa shape index (κ2) is 8.70. The molecule has 0 aliphatic rings. The first-order valence-electron chi connectivity index (χ1n) is 10.0. The molecule has 0 N–H and O–H groups in total. The molecule has 0 spiro atoms. The maximum absolute atomic E-state index is 12.8. The predicted octanol–water partition coefficient (Wildman–Crippen LogP) is 4.67. The Hall–Kier alpha value is -2.79. The molecular weight excluding hydrogens is 364 g/mol. The van der Waals surface area contributed by atoms with Crippen LogP contribution in [0.25, 0.3) is 16.6 Å². The van der Waals surface area contributed by atoms with Gasteiger partial charge in [-0.15, -0.1) is 0 Å². The van der Waals surface area contributed by atoms with Crippen molar-refractivity contribution in [3.05, 3.63) is 58.8 Å². The van der Waals surface area contributed by atoms with Gasteiger partial charge in [0.15, 0.2) is 0 Å². The Morgan fingerprint density at radius 2 is 1.83 bits per heavy atom. The van der Waals surface area contributed by atoms with Gasteiger partial charge in [-0.1, -0.05) is 17.7 Å². The third-order valence-corrected chi connectivity index (χ3v) is 5.06. The molecule has 1 aromatic heterocycles. The Morgan fingerprint density at radius 1 is 1.07 bits per heavy atom. The quantitative estimate of drug-likeness (QED) is 0.546. The first-order chi connectivity index (χ1) is 13.8. The second-order valence-corrected chi connectivity index (χ2v) is 7.64. The largest absolute Gasteiger partial charge is 0.492 e. The Balaban J connectivity index is 2.16. The summed E-state index contributed by atoms with van der Waals surface area (Å²) in [5.74, 6) is 0.451. The molecule has 0 atom stereocenters. The summed E-state index contributed by atoms with van der Waals surface area (Å²) < 4.78 is 13.4.